The van der Waals surface area contributed by atoms with Crippen molar-refractivity contribution in [2.75, 3.05) is 11.9 Å². The van der Waals surface area contributed by atoms with Gasteiger partial charge in [0.1, 0.15) is 5.82 Å². The van der Waals surface area contributed by atoms with Crippen molar-refractivity contribution in [2.45, 2.75) is 19.8 Å². The van der Waals surface area contributed by atoms with Crippen molar-refractivity contribution in [2.24, 2.45) is 13.0 Å². The summed E-state index contributed by atoms with van der Waals surface area (Å²) in [6, 6.07) is 4.14. The van der Waals surface area contributed by atoms with Gasteiger partial charge < -0.3 is 5.32 Å². The summed E-state index contributed by atoms with van der Waals surface area (Å²) in [6.07, 6.45) is 2.72. The zero-order chi connectivity index (χ0) is 11.1. The Morgan fingerprint density at radius 3 is 3.00 bits per heavy atom. The van der Waals surface area contributed by atoms with Crippen LogP contribution in [-0.4, -0.2) is 21.3 Å². The molecule has 0 aliphatic heterocycles. The third-order valence-corrected chi connectivity index (χ3v) is 3.14. The van der Waals surface area contributed by atoms with Gasteiger partial charge in [0.15, 0.2) is 5.65 Å². The summed E-state index contributed by atoms with van der Waals surface area (Å²) in [4.78, 5) is 4.58. The van der Waals surface area contributed by atoms with Gasteiger partial charge in [0.25, 0.3) is 0 Å². The molecule has 0 saturated heterocycles. The van der Waals surface area contributed by atoms with Crippen molar-refractivity contribution in [3.05, 3.63) is 17.8 Å². The van der Waals surface area contributed by atoms with Gasteiger partial charge in [-0.1, -0.05) is 0 Å². The van der Waals surface area contributed by atoms with E-state index in [9.17, 15) is 0 Å². The molecule has 4 nitrogen and oxygen atoms in total. The number of hydrogen-bond donors (Lipinski definition) is 1. The molecule has 0 atom stereocenters. The number of aromatic nitrogens is 3. The molecular weight excluding hydrogens is 200 g/mol. The fourth-order valence-corrected chi connectivity index (χ4v) is 1.97. The van der Waals surface area contributed by atoms with E-state index in [0.29, 0.717) is 0 Å². The van der Waals surface area contributed by atoms with Gasteiger partial charge >= 0.3 is 0 Å². The predicted octanol–water partition coefficient (Wildman–Crippen LogP) is 2.10. The summed E-state index contributed by atoms with van der Waals surface area (Å²) >= 11 is 0. The van der Waals surface area contributed by atoms with Gasteiger partial charge in [0, 0.05) is 19.0 Å². The van der Waals surface area contributed by atoms with E-state index in [0.717, 1.165) is 35.0 Å². The fraction of sp³-hybridized carbons (Fsp3) is 0.500. The lowest BCUT2D eigenvalue weighted by Gasteiger charge is -2.04. The van der Waals surface area contributed by atoms with Crippen LogP contribution in [0.5, 0.6) is 0 Å². The summed E-state index contributed by atoms with van der Waals surface area (Å²) in [5.41, 5.74) is 2.00. The van der Waals surface area contributed by atoms with E-state index < -0.39 is 0 Å². The minimum atomic E-state index is 0.866. The average Bonchev–Trinajstić information content (AvgIpc) is 3.05. The van der Waals surface area contributed by atoms with Crippen molar-refractivity contribution in [3.8, 4) is 0 Å². The highest BCUT2D eigenvalue weighted by Crippen LogP contribution is 2.29. The molecule has 4 heteroatoms. The first-order chi connectivity index (χ1) is 7.74. The second-order valence-electron chi connectivity index (χ2n) is 4.60. The molecule has 0 unspecified atom stereocenters. The molecular formula is C12H16N4. The van der Waals surface area contributed by atoms with Crippen LogP contribution in [0.25, 0.3) is 11.0 Å². The first kappa shape index (κ1) is 9.63. The van der Waals surface area contributed by atoms with Gasteiger partial charge in [-0.25, -0.2) is 4.98 Å². The number of hydrogen-bond acceptors (Lipinski definition) is 3. The molecule has 0 spiro atoms. The molecule has 84 valence electrons. The summed E-state index contributed by atoms with van der Waals surface area (Å²) in [5, 5.41) is 8.89. The van der Waals surface area contributed by atoms with Gasteiger partial charge in [-0.3, -0.25) is 4.68 Å². The lowest BCUT2D eigenvalue weighted by atomic mass is 10.3. The highest BCUT2D eigenvalue weighted by atomic mass is 15.3. The summed E-state index contributed by atoms with van der Waals surface area (Å²) < 4.78 is 1.84. The SMILES string of the molecule is Cc1nn(C)c2nc(NCC3CC3)ccc12. The number of nitrogens with one attached hydrogen (secondary N) is 1. The van der Waals surface area contributed by atoms with Crippen LogP contribution in [0.2, 0.25) is 0 Å². The van der Waals surface area contributed by atoms with Crippen LogP contribution in [-0.2, 0) is 7.05 Å². The van der Waals surface area contributed by atoms with E-state index in [1.165, 1.54) is 12.8 Å². The summed E-state index contributed by atoms with van der Waals surface area (Å²) in [7, 11) is 1.94. The van der Waals surface area contributed by atoms with Crippen molar-refractivity contribution >= 4 is 16.9 Å². The molecule has 2 aromatic rings. The third-order valence-electron chi connectivity index (χ3n) is 3.14. The van der Waals surface area contributed by atoms with E-state index in [2.05, 4.69) is 21.5 Å². The van der Waals surface area contributed by atoms with Crippen LogP contribution in [0.4, 0.5) is 5.82 Å². The molecule has 2 heterocycles. The molecule has 0 amide bonds. The van der Waals surface area contributed by atoms with Gasteiger partial charge in [-0.2, -0.15) is 5.10 Å². The van der Waals surface area contributed by atoms with E-state index in [1.807, 2.05) is 24.7 Å². The molecule has 3 rings (SSSR count). The maximum absolute atomic E-state index is 4.58. The maximum Gasteiger partial charge on any atom is 0.160 e. The van der Waals surface area contributed by atoms with Crippen LogP contribution < -0.4 is 5.32 Å². The molecule has 0 aromatic carbocycles. The minimum absolute atomic E-state index is 0.866. The van der Waals surface area contributed by atoms with E-state index in [-0.39, 0.29) is 0 Å². The summed E-state index contributed by atoms with van der Waals surface area (Å²) in [5.74, 6) is 1.83. The molecule has 1 aliphatic rings. The van der Waals surface area contributed by atoms with Crippen LogP contribution in [0, 0.1) is 12.8 Å². The number of aryl methyl sites for hydroxylation is 2. The van der Waals surface area contributed by atoms with Crippen molar-refractivity contribution in [3.63, 3.8) is 0 Å². The normalized spacial score (nSPS) is 15.6. The van der Waals surface area contributed by atoms with Crippen LogP contribution >= 0.6 is 0 Å². The predicted molar refractivity (Wildman–Crippen MR) is 64.5 cm³/mol. The van der Waals surface area contributed by atoms with E-state index in [1.54, 1.807) is 0 Å². The molecule has 0 bridgehead atoms. The van der Waals surface area contributed by atoms with Crippen molar-refractivity contribution in [1.82, 2.24) is 14.8 Å². The quantitative estimate of drug-likeness (QED) is 0.854. The number of nitrogens with zero attached hydrogens (tertiary/aromatic N) is 3. The second kappa shape index (κ2) is 3.47. The minimum Gasteiger partial charge on any atom is -0.370 e. The van der Waals surface area contributed by atoms with Crippen LogP contribution in [0.1, 0.15) is 18.5 Å². The zero-order valence-electron chi connectivity index (χ0n) is 9.70. The number of fused-ring (bicyclic) bond motifs is 1. The Labute approximate surface area is 94.7 Å². The number of anilines is 1. The maximum atomic E-state index is 4.58. The fourth-order valence-electron chi connectivity index (χ4n) is 1.97. The van der Waals surface area contributed by atoms with Crippen LogP contribution in [0.15, 0.2) is 12.1 Å². The smallest absolute Gasteiger partial charge is 0.160 e. The van der Waals surface area contributed by atoms with Gasteiger partial charge in [0.2, 0.25) is 0 Å². The van der Waals surface area contributed by atoms with Gasteiger partial charge in [-0.15, -0.1) is 0 Å². The third kappa shape index (κ3) is 1.64. The van der Waals surface area contributed by atoms with Crippen molar-refractivity contribution < 1.29 is 0 Å². The summed E-state index contributed by atoms with van der Waals surface area (Å²) in [6.45, 7) is 3.07. The molecule has 1 N–H and O–H groups in total. The standard InChI is InChI=1S/C12H16N4/c1-8-10-5-6-11(13-7-9-3-4-9)14-12(10)16(2)15-8/h5-6,9H,3-4,7H2,1-2H3,(H,13,14). The number of rotatable bonds is 3. The molecule has 1 aliphatic carbocycles. The highest BCUT2D eigenvalue weighted by molar-refractivity contribution is 5.79. The number of pyridine rings is 1. The monoisotopic (exact) mass is 216 g/mol. The van der Waals surface area contributed by atoms with Gasteiger partial charge in [-0.05, 0) is 37.8 Å². The topological polar surface area (TPSA) is 42.7 Å². The average molecular weight is 216 g/mol. The lowest BCUT2D eigenvalue weighted by Crippen LogP contribution is -2.05. The first-order valence-electron chi connectivity index (χ1n) is 5.78. The zero-order valence-corrected chi connectivity index (χ0v) is 9.70. The molecule has 0 radical (unpaired) electrons. The largest absolute Gasteiger partial charge is 0.370 e. The van der Waals surface area contributed by atoms with Crippen LogP contribution in [0.3, 0.4) is 0 Å². The Morgan fingerprint density at radius 1 is 1.44 bits per heavy atom. The van der Waals surface area contributed by atoms with Gasteiger partial charge in [0.05, 0.1) is 5.69 Å². The Balaban J connectivity index is 1.91. The first-order valence-corrected chi connectivity index (χ1v) is 5.78. The molecule has 1 fully saturated rings. The Hall–Kier alpha value is -1.58. The van der Waals surface area contributed by atoms with E-state index >= 15 is 0 Å². The Kier molecular flexibility index (Phi) is 2.09. The molecule has 1 saturated carbocycles. The van der Waals surface area contributed by atoms with Crippen molar-refractivity contribution in [1.29, 1.82) is 0 Å². The Morgan fingerprint density at radius 2 is 2.25 bits per heavy atom. The highest BCUT2D eigenvalue weighted by Gasteiger charge is 2.20. The van der Waals surface area contributed by atoms with E-state index in [4.69, 9.17) is 0 Å². The second-order valence-corrected chi connectivity index (χ2v) is 4.60. The lowest BCUT2D eigenvalue weighted by molar-refractivity contribution is 0.773. The Bertz CT molecular complexity index is 525. The molecule has 16 heavy (non-hydrogen) atoms. The molecule has 2 aromatic heterocycles.